The Kier molecular flexibility index (Phi) is 5.85. The third-order valence-corrected chi connectivity index (χ3v) is 3.73. The molecule has 0 unspecified atom stereocenters. The molecule has 1 heterocycles. The van der Waals surface area contributed by atoms with E-state index in [0.29, 0.717) is 27.5 Å². The van der Waals surface area contributed by atoms with E-state index in [9.17, 15) is 0 Å². The van der Waals surface area contributed by atoms with E-state index in [1.54, 1.807) is 6.07 Å². The van der Waals surface area contributed by atoms with Gasteiger partial charge in [-0.25, -0.2) is 0 Å². The normalized spacial score (nSPS) is 10.4. The van der Waals surface area contributed by atoms with Gasteiger partial charge < -0.3 is 10.6 Å². The van der Waals surface area contributed by atoms with Crippen molar-refractivity contribution in [1.29, 1.82) is 0 Å². The van der Waals surface area contributed by atoms with Crippen LogP contribution in [-0.4, -0.2) is 21.4 Å². The second-order valence-corrected chi connectivity index (χ2v) is 5.75. The lowest BCUT2D eigenvalue weighted by Gasteiger charge is -2.07. The van der Waals surface area contributed by atoms with Crippen LogP contribution in [0.2, 0.25) is 10.0 Å². The van der Waals surface area contributed by atoms with Gasteiger partial charge in [0, 0.05) is 18.8 Å². The summed E-state index contributed by atoms with van der Waals surface area (Å²) in [5.41, 5.74) is 1.03. The van der Waals surface area contributed by atoms with E-state index < -0.39 is 0 Å². The highest BCUT2D eigenvalue weighted by Gasteiger charge is 2.04. The first-order valence-corrected chi connectivity index (χ1v) is 7.77. The molecule has 0 fully saturated rings. The number of halogens is 2. The number of nitrogens with zero attached hydrogens (tertiary/aromatic N) is 2. The Balaban J connectivity index is 1.96. The van der Waals surface area contributed by atoms with Gasteiger partial charge in [0.2, 0.25) is 0 Å². The number of thiocarbonyl (C=S) groups is 1. The number of anilines is 1. The number of aromatic nitrogens is 2. The second-order valence-electron chi connectivity index (χ2n) is 4.53. The van der Waals surface area contributed by atoms with Gasteiger partial charge in [0.25, 0.3) is 0 Å². The summed E-state index contributed by atoms with van der Waals surface area (Å²) in [5.74, 6) is 0.712. The summed E-state index contributed by atoms with van der Waals surface area (Å²) in [6.45, 7) is 3.55. The van der Waals surface area contributed by atoms with Gasteiger partial charge in [0.1, 0.15) is 0 Å². The molecule has 0 aliphatic rings. The highest BCUT2D eigenvalue weighted by atomic mass is 35.5. The molecule has 1 aromatic heterocycles. The third kappa shape index (κ3) is 4.88. The first-order chi connectivity index (χ1) is 10.1. The van der Waals surface area contributed by atoms with Gasteiger partial charge in [-0.3, -0.25) is 4.68 Å². The Bertz CT molecular complexity index is 627. The maximum Gasteiger partial charge on any atom is 0.171 e. The molecule has 0 atom stereocenters. The average molecular weight is 343 g/mol. The minimum Gasteiger partial charge on any atom is -0.362 e. The van der Waals surface area contributed by atoms with Gasteiger partial charge in [-0.05, 0) is 36.3 Å². The van der Waals surface area contributed by atoms with Crippen molar-refractivity contribution in [3.05, 3.63) is 46.1 Å². The van der Waals surface area contributed by atoms with Crippen molar-refractivity contribution in [2.45, 2.75) is 19.9 Å². The topological polar surface area (TPSA) is 41.9 Å². The first-order valence-electron chi connectivity index (χ1n) is 6.60. The molecule has 7 heteroatoms. The van der Waals surface area contributed by atoms with Crippen LogP contribution in [0.4, 0.5) is 5.82 Å². The fourth-order valence-electron chi connectivity index (χ4n) is 1.74. The van der Waals surface area contributed by atoms with Gasteiger partial charge >= 0.3 is 0 Å². The summed E-state index contributed by atoms with van der Waals surface area (Å²) in [5, 5.41) is 12.2. The van der Waals surface area contributed by atoms with Crippen LogP contribution in [0.1, 0.15) is 18.9 Å². The van der Waals surface area contributed by atoms with Gasteiger partial charge in [0.05, 0.1) is 16.6 Å². The Hall–Kier alpha value is -1.30. The van der Waals surface area contributed by atoms with Crippen LogP contribution in [0.3, 0.4) is 0 Å². The number of hydrogen-bond donors (Lipinski definition) is 2. The van der Waals surface area contributed by atoms with Crippen molar-refractivity contribution in [3.63, 3.8) is 0 Å². The summed E-state index contributed by atoms with van der Waals surface area (Å²) >= 11 is 17.1. The minimum atomic E-state index is 0.546. The summed E-state index contributed by atoms with van der Waals surface area (Å²) in [7, 11) is 0. The lowest BCUT2D eigenvalue weighted by atomic mass is 10.2. The van der Waals surface area contributed by atoms with Crippen LogP contribution in [0.5, 0.6) is 0 Å². The highest BCUT2D eigenvalue weighted by Crippen LogP contribution is 2.23. The van der Waals surface area contributed by atoms with Crippen LogP contribution < -0.4 is 10.6 Å². The molecule has 0 radical (unpaired) electrons. The van der Waals surface area contributed by atoms with Gasteiger partial charge in [-0.15, -0.1) is 0 Å². The molecule has 0 bridgehead atoms. The summed E-state index contributed by atoms with van der Waals surface area (Å²) in [4.78, 5) is 0. The van der Waals surface area contributed by atoms with Gasteiger partial charge in [-0.2, -0.15) is 5.10 Å². The van der Waals surface area contributed by atoms with E-state index in [2.05, 4.69) is 22.7 Å². The second kappa shape index (κ2) is 7.64. The molecule has 2 rings (SSSR count). The molecule has 0 spiro atoms. The van der Waals surface area contributed by atoms with Crippen molar-refractivity contribution in [2.24, 2.45) is 0 Å². The molecule has 1 aromatic carbocycles. The Morgan fingerprint density at radius 3 is 2.81 bits per heavy atom. The maximum absolute atomic E-state index is 6.00. The van der Waals surface area contributed by atoms with E-state index in [1.165, 1.54) is 0 Å². The van der Waals surface area contributed by atoms with Crippen molar-refractivity contribution in [2.75, 3.05) is 11.9 Å². The highest BCUT2D eigenvalue weighted by molar-refractivity contribution is 7.80. The predicted octanol–water partition coefficient (Wildman–Crippen LogP) is 3.93. The number of nitrogens with one attached hydrogen (secondary N) is 2. The zero-order valence-corrected chi connectivity index (χ0v) is 13.9. The quantitative estimate of drug-likeness (QED) is 0.807. The fraction of sp³-hybridized carbons (Fsp3) is 0.286. The van der Waals surface area contributed by atoms with E-state index >= 15 is 0 Å². The molecule has 0 aliphatic heterocycles. The average Bonchev–Trinajstić information content (AvgIpc) is 2.88. The fourth-order valence-corrected chi connectivity index (χ4v) is 2.27. The number of benzene rings is 1. The lowest BCUT2D eigenvalue weighted by molar-refractivity contribution is 0.690. The van der Waals surface area contributed by atoms with Crippen LogP contribution in [0, 0.1) is 0 Å². The first kappa shape index (κ1) is 16.1. The summed E-state index contributed by atoms with van der Waals surface area (Å²) in [6.07, 6.45) is 2.90. The summed E-state index contributed by atoms with van der Waals surface area (Å²) < 4.78 is 1.81. The van der Waals surface area contributed by atoms with E-state index in [0.717, 1.165) is 18.5 Å². The number of rotatable bonds is 5. The Morgan fingerprint density at radius 2 is 2.10 bits per heavy atom. The third-order valence-electron chi connectivity index (χ3n) is 2.75. The van der Waals surface area contributed by atoms with Crippen LogP contribution >= 0.6 is 35.4 Å². The van der Waals surface area contributed by atoms with Gasteiger partial charge in [-0.1, -0.05) is 36.2 Å². The molecule has 21 heavy (non-hydrogen) atoms. The maximum atomic E-state index is 6.00. The Morgan fingerprint density at radius 1 is 1.29 bits per heavy atom. The van der Waals surface area contributed by atoms with Gasteiger partial charge in [0.15, 0.2) is 10.9 Å². The monoisotopic (exact) mass is 342 g/mol. The molecule has 112 valence electrons. The van der Waals surface area contributed by atoms with Crippen molar-refractivity contribution in [1.82, 2.24) is 15.1 Å². The van der Waals surface area contributed by atoms with Crippen LogP contribution in [0.25, 0.3) is 0 Å². The largest absolute Gasteiger partial charge is 0.362 e. The smallest absolute Gasteiger partial charge is 0.171 e. The van der Waals surface area contributed by atoms with Crippen molar-refractivity contribution in [3.8, 4) is 0 Å². The lowest BCUT2D eigenvalue weighted by Crippen LogP contribution is -2.29. The zero-order valence-electron chi connectivity index (χ0n) is 11.6. The standard InChI is InChI=1S/C14H16Cl2N4S/c1-2-6-17-14(21)18-13-5-7-20(19-13)9-10-3-4-11(15)12(16)8-10/h3-5,7-8H,2,6,9H2,1H3,(H2,17,18,19,21). The van der Waals surface area contributed by atoms with Crippen molar-refractivity contribution >= 4 is 46.4 Å². The molecule has 4 nitrogen and oxygen atoms in total. The zero-order chi connectivity index (χ0) is 15.2. The molecule has 0 saturated carbocycles. The molecule has 0 amide bonds. The van der Waals surface area contributed by atoms with Crippen LogP contribution in [-0.2, 0) is 6.54 Å². The van der Waals surface area contributed by atoms with Crippen LogP contribution in [0.15, 0.2) is 30.5 Å². The Labute approximate surface area is 139 Å². The summed E-state index contributed by atoms with van der Waals surface area (Å²) in [6, 6.07) is 7.42. The minimum absolute atomic E-state index is 0.546. The molecule has 0 saturated heterocycles. The number of hydrogen-bond acceptors (Lipinski definition) is 2. The van der Waals surface area contributed by atoms with Crippen molar-refractivity contribution < 1.29 is 0 Å². The van der Waals surface area contributed by atoms with E-state index in [4.69, 9.17) is 35.4 Å². The van der Waals surface area contributed by atoms with E-state index in [-0.39, 0.29) is 0 Å². The van der Waals surface area contributed by atoms with E-state index in [1.807, 2.05) is 29.1 Å². The molecule has 0 aliphatic carbocycles. The molecular weight excluding hydrogens is 327 g/mol. The SMILES string of the molecule is CCCNC(=S)Nc1ccn(Cc2ccc(Cl)c(Cl)c2)n1. The predicted molar refractivity (Wildman–Crippen MR) is 92.3 cm³/mol. The molecular formula is C14H16Cl2N4S. The molecule has 2 aromatic rings. The molecule has 2 N–H and O–H groups in total.